The quantitative estimate of drug-likeness (QED) is 0.785. The number of amides is 1. The van der Waals surface area contributed by atoms with Gasteiger partial charge in [-0.25, -0.2) is 4.98 Å². The van der Waals surface area contributed by atoms with Crippen LogP contribution in [0.5, 0.6) is 0 Å². The molecule has 1 aromatic heterocycles. The lowest BCUT2D eigenvalue weighted by Crippen LogP contribution is -2.34. The normalized spacial score (nSPS) is 12.3. The minimum Gasteiger partial charge on any atom is -0.385 e. The maximum Gasteiger partial charge on any atom is 0.246 e. The standard InChI is InChI=1S/C19H21N3O2/c1-3-21(15-9-5-4-6-10-15)18(24)13-22-17-12-8-7-11-16(17)20-19(22)14(2)23/h4-12,14,23H,3,13H2,1-2H3. The van der Waals surface area contributed by atoms with Gasteiger partial charge >= 0.3 is 0 Å². The number of hydrogen-bond acceptors (Lipinski definition) is 3. The lowest BCUT2D eigenvalue weighted by Gasteiger charge is -2.22. The fourth-order valence-corrected chi connectivity index (χ4v) is 2.91. The van der Waals surface area contributed by atoms with Gasteiger partial charge in [-0.05, 0) is 38.1 Å². The molecule has 3 rings (SSSR count). The SMILES string of the molecule is CCN(C(=O)Cn1c(C(C)O)nc2ccccc21)c1ccccc1. The molecule has 1 N–H and O–H groups in total. The molecule has 0 saturated carbocycles. The Balaban J connectivity index is 1.96. The van der Waals surface area contributed by atoms with Crippen molar-refractivity contribution >= 4 is 22.6 Å². The zero-order valence-electron chi connectivity index (χ0n) is 13.9. The molecule has 0 aliphatic heterocycles. The van der Waals surface area contributed by atoms with Crippen LogP contribution >= 0.6 is 0 Å². The first-order valence-corrected chi connectivity index (χ1v) is 8.10. The first-order chi connectivity index (χ1) is 11.6. The second-order valence-corrected chi connectivity index (χ2v) is 5.69. The van der Waals surface area contributed by atoms with E-state index in [-0.39, 0.29) is 12.5 Å². The first-order valence-electron chi connectivity index (χ1n) is 8.10. The number of para-hydroxylation sites is 3. The van der Waals surface area contributed by atoms with Crippen molar-refractivity contribution in [2.75, 3.05) is 11.4 Å². The van der Waals surface area contributed by atoms with E-state index in [1.807, 2.05) is 61.5 Å². The summed E-state index contributed by atoms with van der Waals surface area (Å²) in [6, 6.07) is 17.2. The number of carbonyl (C=O) groups is 1. The number of imidazole rings is 1. The number of aromatic nitrogens is 2. The number of nitrogens with zero attached hydrogens (tertiary/aromatic N) is 3. The van der Waals surface area contributed by atoms with Crippen LogP contribution in [0.3, 0.4) is 0 Å². The van der Waals surface area contributed by atoms with Gasteiger partial charge in [0.1, 0.15) is 18.5 Å². The van der Waals surface area contributed by atoms with E-state index >= 15 is 0 Å². The lowest BCUT2D eigenvalue weighted by molar-refractivity contribution is -0.119. The van der Waals surface area contributed by atoms with Crippen LogP contribution in [0.2, 0.25) is 0 Å². The largest absolute Gasteiger partial charge is 0.385 e. The Morgan fingerprint density at radius 1 is 1.17 bits per heavy atom. The van der Waals surface area contributed by atoms with Crippen molar-refractivity contribution in [1.29, 1.82) is 0 Å². The Bertz CT molecular complexity index is 840. The molecule has 0 radical (unpaired) electrons. The van der Waals surface area contributed by atoms with E-state index in [2.05, 4.69) is 4.98 Å². The minimum absolute atomic E-state index is 0.0336. The molecule has 0 aliphatic carbocycles. The number of fused-ring (bicyclic) bond motifs is 1. The molecule has 124 valence electrons. The molecule has 0 saturated heterocycles. The van der Waals surface area contributed by atoms with E-state index in [4.69, 9.17) is 0 Å². The number of benzene rings is 2. The van der Waals surface area contributed by atoms with E-state index in [0.717, 1.165) is 16.7 Å². The summed E-state index contributed by atoms with van der Waals surface area (Å²) in [5.74, 6) is 0.474. The topological polar surface area (TPSA) is 58.4 Å². The second-order valence-electron chi connectivity index (χ2n) is 5.69. The van der Waals surface area contributed by atoms with Crippen molar-refractivity contribution in [3.05, 3.63) is 60.4 Å². The van der Waals surface area contributed by atoms with Crippen molar-refractivity contribution in [3.63, 3.8) is 0 Å². The number of aliphatic hydroxyl groups is 1. The zero-order chi connectivity index (χ0) is 17.1. The summed E-state index contributed by atoms with van der Waals surface area (Å²) in [5, 5.41) is 10.0. The monoisotopic (exact) mass is 323 g/mol. The van der Waals surface area contributed by atoms with Gasteiger partial charge in [-0.3, -0.25) is 4.79 Å². The molecule has 1 amide bonds. The van der Waals surface area contributed by atoms with Crippen LogP contribution in [0, 0.1) is 0 Å². The second kappa shape index (κ2) is 6.84. The van der Waals surface area contributed by atoms with Crippen LogP contribution < -0.4 is 4.90 Å². The number of carbonyl (C=O) groups excluding carboxylic acids is 1. The fraction of sp³-hybridized carbons (Fsp3) is 0.263. The summed E-state index contributed by atoms with van der Waals surface area (Å²) in [6.07, 6.45) is -0.739. The van der Waals surface area contributed by atoms with Crippen molar-refractivity contribution in [1.82, 2.24) is 9.55 Å². The average molecular weight is 323 g/mol. The lowest BCUT2D eigenvalue weighted by atomic mass is 10.2. The molecular formula is C19H21N3O2. The summed E-state index contributed by atoms with van der Waals surface area (Å²) in [7, 11) is 0. The minimum atomic E-state index is -0.739. The van der Waals surface area contributed by atoms with Gasteiger partial charge in [-0.15, -0.1) is 0 Å². The van der Waals surface area contributed by atoms with E-state index in [1.165, 1.54) is 0 Å². The fourth-order valence-electron chi connectivity index (χ4n) is 2.91. The van der Waals surface area contributed by atoms with Crippen LogP contribution in [0.15, 0.2) is 54.6 Å². The highest BCUT2D eigenvalue weighted by molar-refractivity contribution is 5.94. The van der Waals surface area contributed by atoms with Gasteiger partial charge in [0.05, 0.1) is 11.0 Å². The average Bonchev–Trinajstić information content (AvgIpc) is 2.95. The van der Waals surface area contributed by atoms with Crippen LogP contribution in [0.4, 0.5) is 5.69 Å². The van der Waals surface area contributed by atoms with E-state index in [0.29, 0.717) is 12.4 Å². The molecule has 0 fully saturated rings. The highest BCUT2D eigenvalue weighted by atomic mass is 16.3. The third-order valence-electron chi connectivity index (χ3n) is 4.04. The Kier molecular flexibility index (Phi) is 4.62. The molecule has 3 aromatic rings. The number of likely N-dealkylation sites (N-methyl/N-ethyl adjacent to an activating group) is 1. The Morgan fingerprint density at radius 2 is 1.83 bits per heavy atom. The number of rotatable bonds is 5. The van der Waals surface area contributed by atoms with Gasteiger partial charge in [0, 0.05) is 12.2 Å². The third-order valence-corrected chi connectivity index (χ3v) is 4.04. The smallest absolute Gasteiger partial charge is 0.246 e. The molecule has 24 heavy (non-hydrogen) atoms. The molecule has 1 unspecified atom stereocenters. The van der Waals surface area contributed by atoms with Gasteiger partial charge in [-0.1, -0.05) is 30.3 Å². The number of aliphatic hydroxyl groups excluding tert-OH is 1. The summed E-state index contributed by atoms with van der Waals surface area (Å²) < 4.78 is 1.80. The predicted molar refractivity (Wildman–Crippen MR) is 94.8 cm³/mol. The molecule has 1 heterocycles. The summed E-state index contributed by atoms with van der Waals surface area (Å²) >= 11 is 0. The van der Waals surface area contributed by atoms with Gasteiger partial charge < -0.3 is 14.6 Å². The predicted octanol–water partition coefficient (Wildman–Crippen LogP) is 3.14. The summed E-state index contributed by atoms with van der Waals surface area (Å²) in [5.41, 5.74) is 2.50. The highest BCUT2D eigenvalue weighted by Crippen LogP contribution is 2.22. The van der Waals surface area contributed by atoms with Crippen LogP contribution in [0.25, 0.3) is 11.0 Å². The first kappa shape index (κ1) is 16.2. The van der Waals surface area contributed by atoms with E-state index in [9.17, 15) is 9.90 Å². The maximum absolute atomic E-state index is 12.9. The number of anilines is 1. The molecule has 5 heteroatoms. The molecule has 0 aliphatic rings. The Labute approximate surface area is 141 Å². The van der Waals surface area contributed by atoms with Gasteiger partial charge in [0.25, 0.3) is 0 Å². The maximum atomic E-state index is 12.9. The zero-order valence-corrected chi connectivity index (χ0v) is 13.9. The van der Waals surface area contributed by atoms with Gasteiger partial charge in [0.2, 0.25) is 5.91 Å². The van der Waals surface area contributed by atoms with Crippen LogP contribution in [-0.4, -0.2) is 27.1 Å². The van der Waals surface area contributed by atoms with Gasteiger partial charge in [0.15, 0.2) is 0 Å². The molecule has 0 bridgehead atoms. The van der Waals surface area contributed by atoms with Crippen LogP contribution in [-0.2, 0) is 11.3 Å². The van der Waals surface area contributed by atoms with E-state index < -0.39 is 6.10 Å². The Hall–Kier alpha value is -2.66. The molecule has 2 aromatic carbocycles. The van der Waals surface area contributed by atoms with Crippen molar-refractivity contribution < 1.29 is 9.90 Å². The molecule has 1 atom stereocenters. The molecular weight excluding hydrogens is 302 g/mol. The summed E-state index contributed by atoms with van der Waals surface area (Å²) in [6.45, 7) is 4.34. The molecule has 5 nitrogen and oxygen atoms in total. The van der Waals surface area contributed by atoms with Crippen molar-refractivity contribution in [2.45, 2.75) is 26.5 Å². The summed E-state index contributed by atoms with van der Waals surface area (Å²) in [4.78, 5) is 19.1. The molecule has 0 spiro atoms. The number of hydrogen-bond donors (Lipinski definition) is 1. The van der Waals surface area contributed by atoms with Crippen molar-refractivity contribution in [3.8, 4) is 0 Å². The van der Waals surface area contributed by atoms with Crippen LogP contribution in [0.1, 0.15) is 25.8 Å². The van der Waals surface area contributed by atoms with Gasteiger partial charge in [-0.2, -0.15) is 0 Å². The Morgan fingerprint density at radius 3 is 2.50 bits per heavy atom. The highest BCUT2D eigenvalue weighted by Gasteiger charge is 2.20. The van der Waals surface area contributed by atoms with Crippen molar-refractivity contribution in [2.24, 2.45) is 0 Å². The van der Waals surface area contributed by atoms with E-state index in [1.54, 1.807) is 16.4 Å². The third kappa shape index (κ3) is 3.03.